The zero-order valence-electron chi connectivity index (χ0n) is 23.1. The third-order valence-electron chi connectivity index (χ3n) is 7.09. The number of hydrogen-bond donors (Lipinski definition) is 1. The van der Waals surface area contributed by atoms with E-state index in [9.17, 15) is 9.59 Å². The highest BCUT2D eigenvalue weighted by Gasteiger charge is 2.44. The zero-order valence-corrected chi connectivity index (χ0v) is 24.7. The number of nitrogens with zero attached hydrogens (tertiary/aromatic N) is 4. The molecule has 10 heteroatoms. The smallest absolute Gasteiger partial charge is 0.256 e. The summed E-state index contributed by atoms with van der Waals surface area (Å²) in [5, 5.41) is 3.41. The normalized spacial score (nSPS) is 18.6. The summed E-state index contributed by atoms with van der Waals surface area (Å²) in [6.07, 6.45) is 3.83. The number of benzene rings is 2. The molecule has 0 radical (unpaired) electrons. The molecule has 2 amide bonds. The lowest BCUT2D eigenvalue weighted by Crippen LogP contribution is -2.45. The molecule has 1 N–H and O–H groups in total. The summed E-state index contributed by atoms with van der Waals surface area (Å²) in [5.74, 6) is 0.388. The van der Waals surface area contributed by atoms with E-state index in [0.29, 0.717) is 24.0 Å². The number of anilines is 2. The first-order valence-corrected chi connectivity index (χ1v) is 15.2. The summed E-state index contributed by atoms with van der Waals surface area (Å²) in [4.78, 5) is 36.2. The number of piperazine rings is 1. The number of likely N-dealkylation sites (N-methyl/N-ethyl adjacent to an activating group) is 1. The van der Waals surface area contributed by atoms with Crippen LogP contribution in [-0.2, 0) is 9.59 Å². The van der Waals surface area contributed by atoms with E-state index in [1.165, 1.54) is 0 Å². The van der Waals surface area contributed by atoms with Gasteiger partial charge in [0.15, 0.2) is 5.11 Å². The van der Waals surface area contributed by atoms with Crippen LogP contribution < -0.4 is 15.0 Å². The fourth-order valence-corrected chi connectivity index (χ4v) is 5.72. The van der Waals surface area contributed by atoms with Crippen molar-refractivity contribution in [1.29, 1.82) is 0 Å². The molecule has 8 nitrogen and oxygen atoms in total. The van der Waals surface area contributed by atoms with E-state index >= 15 is 0 Å². The molecule has 2 aromatic carbocycles. The van der Waals surface area contributed by atoms with Gasteiger partial charge < -0.3 is 24.8 Å². The second-order valence-electron chi connectivity index (χ2n) is 9.99. The Morgan fingerprint density at radius 1 is 1.10 bits per heavy atom. The van der Waals surface area contributed by atoms with Crippen molar-refractivity contribution < 1.29 is 14.3 Å². The second-order valence-corrected chi connectivity index (χ2v) is 11.2. The first-order chi connectivity index (χ1) is 18.9. The molecule has 210 valence electrons. The molecule has 4 rings (SSSR count). The van der Waals surface area contributed by atoms with Crippen molar-refractivity contribution in [2.45, 2.75) is 37.1 Å². The van der Waals surface area contributed by atoms with Crippen LogP contribution in [0.3, 0.4) is 0 Å². The molecule has 0 unspecified atom stereocenters. The molecule has 1 atom stereocenters. The number of thioether (sulfide) groups is 1. The lowest BCUT2D eigenvalue weighted by Gasteiger charge is -2.33. The summed E-state index contributed by atoms with van der Waals surface area (Å²) in [6.45, 7) is 8.48. The summed E-state index contributed by atoms with van der Waals surface area (Å²) >= 11 is 7.47. The van der Waals surface area contributed by atoms with Gasteiger partial charge in [-0.3, -0.25) is 14.5 Å². The maximum atomic E-state index is 13.7. The number of thiocarbonyl (C=S) groups is 1. The van der Waals surface area contributed by atoms with E-state index in [4.69, 9.17) is 17.0 Å². The minimum atomic E-state index is -0.643. The maximum absolute atomic E-state index is 13.7. The minimum absolute atomic E-state index is 0.0281. The van der Waals surface area contributed by atoms with Gasteiger partial charge in [-0.15, -0.1) is 11.8 Å². The highest BCUT2D eigenvalue weighted by atomic mass is 32.2. The van der Waals surface area contributed by atoms with E-state index in [1.807, 2.05) is 59.7 Å². The number of carbonyl (C=O) groups excluding carboxylic acids is 2. The molecule has 2 fully saturated rings. The van der Waals surface area contributed by atoms with E-state index in [-0.39, 0.29) is 18.2 Å². The molecule has 39 heavy (non-hydrogen) atoms. The van der Waals surface area contributed by atoms with Gasteiger partial charge in [0.05, 0.1) is 18.7 Å². The molecular formula is C29H39N5O3S2. The first kappa shape index (κ1) is 29.3. The first-order valence-electron chi connectivity index (χ1n) is 13.6. The summed E-state index contributed by atoms with van der Waals surface area (Å²) in [5.41, 5.74) is 1.41. The molecular weight excluding hydrogens is 530 g/mol. The van der Waals surface area contributed by atoms with Gasteiger partial charge in [0.2, 0.25) is 5.91 Å². The van der Waals surface area contributed by atoms with Crippen LogP contribution in [0.15, 0.2) is 53.4 Å². The number of amides is 2. The second kappa shape index (κ2) is 14.1. The summed E-state index contributed by atoms with van der Waals surface area (Å²) in [7, 11) is 2.15. The maximum Gasteiger partial charge on any atom is 0.256 e. The van der Waals surface area contributed by atoms with Gasteiger partial charge in [0, 0.05) is 43.3 Å². The average Bonchev–Trinajstić information content (AvgIpc) is 3.17. The number of nitrogens with one attached hydrogen (secondary N) is 1. The summed E-state index contributed by atoms with van der Waals surface area (Å²) in [6, 6.07) is 14.5. The summed E-state index contributed by atoms with van der Waals surface area (Å²) < 4.78 is 5.63. The van der Waals surface area contributed by atoms with Crippen LogP contribution >= 0.6 is 24.0 Å². The van der Waals surface area contributed by atoms with Crippen molar-refractivity contribution in [2.75, 3.05) is 69.4 Å². The molecule has 0 bridgehead atoms. The molecule has 2 aliphatic rings. The highest BCUT2D eigenvalue weighted by Crippen LogP contribution is 2.30. The van der Waals surface area contributed by atoms with Gasteiger partial charge in [-0.1, -0.05) is 13.0 Å². The molecule has 0 saturated carbocycles. The van der Waals surface area contributed by atoms with Crippen molar-refractivity contribution in [2.24, 2.45) is 0 Å². The third-order valence-corrected chi connectivity index (χ3v) is 8.23. The molecule has 0 aromatic heterocycles. The number of carbonyl (C=O) groups is 2. The van der Waals surface area contributed by atoms with Gasteiger partial charge in [0.1, 0.15) is 11.8 Å². The van der Waals surface area contributed by atoms with E-state index in [2.05, 4.69) is 29.1 Å². The molecule has 0 spiro atoms. The van der Waals surface area contributed by atoms with Crippen molar-refractivity contribution in [3.8, 4) is 5.75 Å². The topological polar surface area (TPSA) is 68.4 Å². The highest BCUT2D eigenvalue weighted by molar-refractivity contribution is 7.98. The van der Waals surface area contributed by atoms with Gasteiger partial charge in [-0.2, -0.15) is 0 Å². The van der Waals surface area contributed by atoms with Crippen LogP contribution in [0.4, 0.5) is 11.4 Å². The van der Waals surface area contributed by atoms with E-state index in [0.717, 1.165) is 61.9 Å². The van der Waals surface area contributed by atoms with Crippen LogP contribution in [0.2, 0.25) is 0 Å². The van der Waals surface area contributed by atoms with Crippen molar-refractivity contribution in [3.63, 3.8) is 0 Å². The Labute approximate surface area is 241 Å². The predicted octanol–water partition coefficient (Wildman–Crippen LogP) is 4.17. The van der Waals surface area contributed by atoms with Crippen molar-refractivity contribution in [1.82, 2.24) is 14.7 Å². The largest absolute Gasteiger partial charge is 0.494 e. The number of ether oxygens (including phenoxy) is 1. The monoisotopic (exact) mass is 569 g/mol. The van der Waals surface area contributed by atoms with E-state index in [1.54, 1.807) is 16.7 Å². The fraction of sp³-hybridized carbons (Fsp3) is 0.483. The van der Waals surface area contributed by atoms with Crippen LogP contribution in [0, 0.1) is 0 Å². The van der Waals surface area contributed by atoms with Gasteiger partial charge in [0.25, 0.3) is 5.91 Å². The molecule has 2 aromatic rings. The van der Waals surface area contributed by atoms with Crippen molar-refractivity contribution >= 4 is 52.3 Å². The van der Waals surface area contributed by atoms with Gasteiger partial charge >= 0.3 is 0 Å². The van der Waals surface area contributed by atoms with E-state index < -0.39 is 6.04 Å². The van der Waals surface area contributed by atoms with Gasteiger partial charge in [-0.25, -0.2) is 0 Å². The Morgan fingerprint density at radius 3 is 2.54 bits per heavy atom. The standard InChI is InChI=1S/C29H39N5O3S2/c1-4-19-37-24-11-9-22(10-12-24)30-27(35)21-26-28(36)34(23-7-5-8-25(20-23)39-3)29(38)33(26)14-6-13-32-17-15-31(2)16-18-32/h5,7-12,20,26H,4,6,13-19,21H2,1-3H3,(H,30,35)/t26-/m1/s1. The Balaban J connectivity index is 1.45. The Hall–Kier alpha value is -2.66. The predicted molar refractivity (Wildman–Crippen MR) is 163 cm³/mol. The van der Waals surface area contributed by atoms with Crippen LogP contribution in [0.1, 0.15) is 26.2 Å². The SMILES string of the molecule is CCCOc1ccc(NC(=O)C[C@@H]2C(=O)N(c3cccc(SC)c3)C(=S)N2CCCN2CCN(C)CC2)cc1. The van der Waals surface area contributed by atoms with Crippen LogP contribution in [0.25, 0.3) is 0 Å². The van der Waals surface area contributed by atoms with Crippen molar-refractivity contribution in [3.05, 3.63) is 48.5 Å². The Bertz CT molecular complexity index is 1140. The molecule has 2 saturated heterocycles. The lowest BCUT2D eigenvalue weighted by atomic mass is 10.1. The minimum Gasteiger partial charge on any atom is -0.494 e. The zero-order chi connectivity index (χ0) is 27.8. The number of rotatable bonds is 12. The Kier molecular flexibility index (Phi) is 10.6. The Morgan fingerprint density at radius 2 is 1.85 bits per heavy atom. The fourth-order valence-electron chi connectivity index (χ4n) is 4.85. The molecule has 2 heterocycles. The number of hydrogen-bond acceptors (Lipinski definition) is 7. The lowest BCUT2D eigenvalue weighted by molar-refractivity contribution is -0.124. The third kappa shape index (κ3) is 7.72. The quantitative estimate of drug-likeness (QED) is 0.302. The van der Waals surface area contributed by atoms with Crippen LogP contribution in [-0.4, -0.2) is 96.8 Å². The molecule has 2 aliphatic heterocycles. The molecule has 0 aliphatic carbocycles. The van der Waals surface area contributed by atoms with Gasteiger partial charge in [-0.05, 0) is 87.4 Å². The van der Waals surface area contributed by atoms with Crippen LogP contribution in [0.5, 0.6) is 5.75 Å². The average molecular weight is 570 g/mol.